The lowest BCUT2D eigenvalue weighted by Gasteiger charge is -2.24. The lowest BCUT2D eigenvalue weighted by molar-refractivity contribution is -0.118. The van der Waals surface area contributed by atoms with Crippen LogP contribution in [0.25, 0.3) is 0 Å². The first-order valence-corrected chi connectivity index (χ1v) is 6.46. The predicted molar refractivity (Wildman–Crippen MR) is 69.7 cm³/mol. The lowest BCUT2D eigenvalue weighted by Crippen LogP contribution is -2.22. The molecule has 1 aromatic carbocycles. The molecular weight excluding hydrogens is 267 g/mol. The van der Waals surface area contributed by atoms with Crippen molar-refractivity contribution < 1.29 is 18.0 Å². The van der Waals surface area contributed by atoms with Crippen molar-refractivity contribution in [1.82, 2.24) is 4.90 Å². The summed E-state index contributed by atoms with van der Waals surface area (Å²) in [5.41, 5.74) is 0.840. The summed E-state index contributed by atoms with van der Waals surface area (Å²) in [6.45, 7) is 0. The molecule has 1 aromatic rings. The van der Waals surface area contributed by atoms with Crippen LogP contribution in [0.3, 0.4) is 0 Å². The van der Waals surface area contributed by atoms with Gasteiger partial charge in [0.05, 0.1) is 0 Å². The summed E-state index contributed by atoms with van der Waals surface area (Å²) in [6, 6.07) is 1.83. The van der Waals surface area contributed by atoms with Crippen LogP contribution >= 0.6 is 0 Å². The lowest BCUT2D eigenvalue weighted by atomic mass is 9.80. The van der Waals surface area contributed by atoms with Gasteiger partial charge in [0.25, 0.3) is 0 Å². The third kappa shape index (κ3) is 2.86. The number of hydrogen-bond acceptors (Lipinski definition) is 2. The van der Waals surface area contributed by atoms with Gasteiger partial charge in [0.2, 0.25) is 0 Å². The number of nitrogens with zero attached hydrogens (tertiary/aromatic N) is 1. The van der Waals surface area contributed by atoms with E-state index in [9.17, 15) is 18.0 Å². The Labute approximate surface area is 115 Å². The second-order valence-corrected chi connectivity index (χ2v) is 5.23. The summed E-state index contributed by atoms with van der Waals surface area (Å²) in [7, 11) is 3.61. The number of ketones is 1. The first-order valence-electron chi connectivity index (χ1n) is 6.46. The maximum Gasteiger partial charge on any atom is 0.194 e. The summed E-state index contributed by atoms with van der Waals surface area (Å²) in [5.74, 6) is -4.75. The molecule has 2 rings (SSSR count). The Morgan fingerprint density at radius 1 is 1.20 bits per heavy atom. The number of benzene rings is 1. The summed E-state index contributed by atoms with van der Waals surface area (Å²) in [5, 5.41) is 0. The predicted octanol–water partition coefficient (Wildman–Crippen LogP) is 3.39. The molecule has 108 valence electrons. The standard InChI is InChI=1S/C15H16F3NO/c1-19(2)8-9-4-3-5-11(15(9)20)10-6-12(16)14(18)13(17)7-10/h6-8,11H,3-5H2,1-2H3. The molecule has 1 aliphatic rings. The quantitative estimate of drug-likeness (QED) is 0.612. The molecule has 0 radical (unpaired) electrons. The molecule has 0 aromatic heterocycles. The Balaban J connectivity index is 2.35. The van der Waals surface area contributed by atoms with Gasteiger partial charge >= 0.3 is 0 Å². The molecule has 0 spiro atoms. The van der Waals surface area contributed by atoms with Crippen LogP contribution in [0, 0.1) is 17.5 Å². The van der Waals surface area contributed by atoms with E-state index in [1.807, 2.05) is 0 Å². The van der Waals surface area contributed by atoms with Crippen LogP contribution < -0.4 is 0 Å². The second kappa shape index (κ2) is 5.69. The Hall–Kier alpha value is -1.78. The maximum atomic E-state index is 13.3. The third-order valence-electron chi connectivity index (χ3n) is 3.39. The SMILES string of the molecule is CN(C)C=C1CCCC(c2cc(F)c(F)c(F)c2)C1=O. The smallest absolute Gasteiger partial charge is 0.194 e. The molecule has 0 amide bonds. The zero-order chi connectivity index (χ0) is 14.9. The zero-order valence-corrected chi connectivity index (χ0v) is 11.4. The van der Waals surface area contributed by atoms with Gasteiger partial charge in [0.1, 0.15) is 0 Å². The third-order valence-corrected chi connectivity index (χ3v) is 3.39. The van der Waals surface area contributed by atoms with Gasteiger partial charge in [-0.1, -0.05) is 0 Å². The van der Waals surface area contributed by atoms with Crippen molar-refractivity contribution in [1.29, 1.82) is 0 Å². The summed E-state index contributed by atoms with van der Waals surface area (Å²) in [6.07, 6.45) is 3.66. The minimum absolute atomic E-state index is 0.143. The topological polar surface area (TPSA) is 20.3 Å². The largest absolute Gasteiger partial charge is 0.383 e. The summed E-state index contributed by atoms with van der Waals surface area (Å²) >= 11 is 0. The Kier molecular flexibility index (Phi) is 4.16. The minimum atomic E-state index is -1.50. The maximum absolute atomic E-state index is 13.3. The Morgan fingerprint density at radius 3 is 2.35 bits per heavy atom. The molecule has 1 aliphatic carbocycles. The van der Waals surface area contributed by atoms with Crippen molar-refractivity contribution in [2.45, 2.75) is 25.2 Å². The first kappa shape index (κ1) is 14.6. The van der Waals surface area contributed by atoms with Crippen molar-refractivity contribution in [3.05, 3.63) is 46.9 Å². The molecular formula is C15H16F3NO. The average Bonchev–Trinajstić information content (AvgIpc) is 2.37. The molecule has 0 saturated heterocycles. The van der Waals surface area contributed by atoms with Gasteiger partial charge in [-0.15, -0.1) is 0 Å². The number of Topliss-reactive ketones (excluding diaryl/α,β-unsaturated/α-hetero) is 1. The Bertz CT molecular complexity index is 543. The van der Waals surface area contributed by atoms with Crippen LogP contribution in [-0.4, -0.2) is 24.8 Å². The molecule has 0 N–H and O–H groups in total. The monoisotopic (exact) mass is 283 g/mol. The van der Waals surface area contributed by atoms with Crippen molar-refractivity contribution in [3.8, 4) is 0 Å². The van der Waals surface area contributed by atoms with E-state index in [0.29, 0.717) is 18.4 Å². The van der Waals surface area contributed by atoms with Crippen molar-refractivity contribution in [3.63, 3.8) is 0 Å². The number of halogens is 3. The summed E-state index contributed by atoms with van der Waals surface area (Å²) in [4.78, 5) is 14.1. The molecule has 1 saturated carbocycles. The molecule has 1 atom stereocenters. The number of carbonyl (C=O) groups excluding carboxylic acids is 1. The van der Waals surface area contributed by atoms with Crippen LogP contribution in [-0.2, 0) is 4.79 Å². The fraction of sp³-hybridized carbons (Fsp3) is 0.400. The molecule has 20 heavy (non-hydrogen) atoms. The average molecular weight is 283 g/mol. The first-order chi connectivity index (χ1) is 9.40. The minimum Gasteiger partial charge on any atom is -0.383 e. The van der Waals surface area contributed by atoms with Crippen LogP contribution in [0.4, 0.5) is 13.2 Å². The summed E-state index contributed by atoms with van der Waals surface area (Å²) < 4.78 is 39.5. The van der Waals surface area contributed by atoms with Gasteiger partial charge in [0.15, 0.2) is 23.2 Å². The number of rotatable bonds is 2. The van der Waals surface area contributed by atoms with E-state index in [4.69, 9.17) is 0 Å². The van der Waals surface area contributed by atoms with Crippen molar-refractivity contribution in [2.75, 3.05) is 14.1 Å². The van der Waals surface area contributed by atoms with Gasteiger partial charge in [-0.25, -0.2) is 13.2 Å². The van der Waals surface area contributed by atoms with Crippen molar-refractivity contribution >= 4 is 5.78 Å². The van der Waals surface area contributed by atoms with E-state index in [0.717, 1.165) is 18.6 Å². The van der Waals surface area contributed by atoms with Crippen molar-refractivity contribution in [2.24, 2.45) is 0 Å². The van der Waals surface area contributed by atoms with Crippen LogP contribution in [0.15, 0.2) is 23.9 Å². The number of carbonyl (C=O) groups is 1. The Morgan fingerprint density at radius 2 is 1.80 bits per heavy atom. The van der Waals surface area contributed by atoms with E-state index < -0.39 is 23.4 Å². The van der Waals surface area contributed by atoms with Crippen LogP contribution in [0.5, 0.6) is 0 Å². The van der Waals surface area contributed by atoms with E-state index in [1.165, 1.54) is 0 Å². The fourth-order valence-corrected chi connectivity index (χ4v) is 2.51. The highest BCUT2D eigenvalue weighted by atomic mass is 19.2. The van der Waals surface area contributed by atoms with E-state index in [2.05, 4.69) is 0 Å². The molecule has 5 heteroatoms. The van der Waals surface area contributed by atoms with Gasteiger partial charge in [0, 0.05) is 31.8 Å². The molecule has 0 aliphatic heterocycles. The van der Waals surface area contributed by atoms with E-state index in [-0.39, 0.29) is 11.3 Å². The van der Waals surface area contributed by atoms with Gasteiger partial charge in [-0.2, -0.15) is 0 Å². The second-order valence-electron chi connectivity index (χ2n) is 5.23. The molecule has 1 fully saturated rings. The normalized spacial score (nSPS) is 21.4. The number of allylic oxidation sites excluding steroid dienone is 1. The zero-order valence-electron chi connectivity index (χ0n) is 11.4. The highest BCUT2D eigenvalue weighted by Crippen LogP contribution is 2.34. The number of hydrogen-bond donors (Lipinski definition) is 0. The van der Waals surface area contributed by atoms with Gasteiger partial charge < -0.3 is 4.90 Å². The van der Waals surface area contributed by atoms with Gasteiger partial charge in [-0.3, -0.25) is 4.79 Å². The van der Waals surface area contributed by atoms with Crippen LogP contribution in [0.1, 0.15) is 30.7 Å². The van der Waals surface area contributed by atoms with E-state index in [1.54, 1.807) is 25.2 Å². The van der Waals surface area contributed by atoms with Crippen LogP contribution in [0.2, 0.25) is 0 Å². The highest BCUT2D eigenvalue weighted by molar-refractivity contribution is 6.01. The fourth-order valence-electron chi connectivity index (χ4n) is 2.51. The molecule has 0 bridgehead atoms. The molecule has 0 heterocycles. The molecule has 2 nitrogen and oxygen atoms in total. The van der Waals surface area contributed by atoms with E-state index >= 15 is 0 Å². The van der Waals surface area contributed by atoms with Gasteiger partial charge in [-0.05, 0) is 37.0 Å². The highest BCUT2D eigenvalue weighted by Gasteiger charge is 2.29. The molecule has 1 unspecified atom stereocenters.